The van der Waals surface area contributed by atoms with Crippen LogP contribution in [0.1, 0.15) is 22.6 Å². The summed E-state index contributed by atoms with van der Waals surface area (Å²) in [5.41, 5.74) is 6.94. The van der Waals surface area contributed by atoms with Gasteiger partial charge in [0.05, 0.1) is 0 Å². The second kappa shape index (κ2) is 6.30. The highest BCUT2D eigenvalue weighted by Gasteiger charge is 2.31. The Kier molecular flexibility index (Phi) is 3.42. The zero-order valence-corrected chi connectivity index (χ0v) is 17.0. The maximum Gasteiger partial charge on any atom is 0.0352 e. The Hall–Kier alpha value is -3.90. The lowest BCUT2D eigenvalue weighted by Crippen LogP contribution is -1.99. The molecule has 0 amide bonds. The average Bonchev–Trinajstić information content (AvgIpc) is 3.13. The lowest BCUT2D eigenvalue weighted by atomic mass is 9.87. The van der Waals surface area contributed by atoms with Gasteiger partial charge in [0, 0.05) is 5.92 Å². The zero-order valence-electron chi connectivity index (χ0n) is 17.0. The van der Waals surface area contributed by atoms with Crippen molar-refractivity contribution in [1.82, 2.24) is 0 Å². The van der Waals surface area contributed by atoms with Gasteiger partial charge < -0.3 is 0 Å². The topological polar surface area (TPSA) is 0 Å². The van der Waals surface area contributed by atoms with E-state index < -0.39 is 0 Å². The summed E-state index contributed by atoms with van der Waals surface area (Å²) < 4.78 is 0. The standard InChI is InChI=1S/C31H20/c1-2-8-21-15-26(14-13-20(21)7-1)31-29-18-24-11-5-3-9-22(24)16-27(29)28-17-23-10-4-6-12-25(23)19-30(28)31/h1-19,31H. The molecule has 0 nitrogen and oxygen atoms in total. The summed E-state index contributed by atoms with van der Waals surface area (Å²) in [7, 11) is 0. The van der Waals surface area contributed by atoms with Crippen LogP contribution >= 0.6 is 0 Å². The average molecular weight is 393 g/mol. The van der Waals surface area contributed by atoms with Crippen LogP contribution in [0.3, 0.4) is 0 Å². The normalized spacial score (nSPS) is 13.0. The number of rotatable bonds is 1. The maximum atomic E-state index is 2.41. The minimum Gasteiger partial charge on any atom is -0.0616 e. The number of hydrogen-bond acceptors (Lipinski definition) is 0. The Morgan fingerprint density at radius 3 is 1.29 bits per heavy atom. The third kappa shape index (κ3) is 2.49. The van der Waals surface area contributed by atoms with Crippen molar-refractivity contribution in [2.75, 3.05) is 0 Å². The smallest absolute Gasteiger partial charge is 0.0352 e. The van der Waals surface area contributed by atoms with Crippen molar-refractivity contribution in [3.63, 3.8) is 0 Å². The van der Waals surface area contributed by atoms with Crippen LogP contribution in [0.25, 0.3) is 43.4 Å². The van der Waals surface area contributed by atoms with Gasteiger partial charge in [0.1, 0.15) is 0 Å². The van der Waals surface area contributed by atoms with Crippen LogP contribution in [0.15, 0.2) is 115 Å². The van der Waals surface area contributed by atoms with Gasteiger partial charge >= 0.3 is 0 Å². The molecule has 6 aromatic carbocycles. The molecule has 7 rings (SSSR count). The highest BCUT2D eigenvalue weighted by atomic mass is 14.3. The largest absolute Gasteiger partial charge is 0.0616 e. The molecule has 0 unspecified atom stereocenters. The molecular formula is C31H20. The molecule has 0 heteroatoms. The van der Waals surface area contributed by atoms with Gasteiger partial charge in [-0.05, 0) is 84.4 Å². The van der Waals surface area contributed by atoms with E-state index in [2.05, 4.69) is 115 Å². The van der Waals surface area contributed by atoms with E-state index in [0.717, 1.165) is 0 Å². The fourth-order valence-electron chi connectivity index (χ4n) is 5.37. The molecule has 1 aliphatic carbocycles. The van der Waals surface area contributed by atoms with E-state index in [1.165, 1.54) is 60.1 Å². The summed E-state index contributed by atoms with van der Waals surface area (Å²) >= 11 is 0. The second-order valence-corrected chi connectivity index (χ2v) is 8.61. The summed E-state index contributed by atoms with van der Waals surface area (Å²) in [6.45, 7) is 0. The van der Waals surface area contributed by atoms with Crippen molar-refractivity contribution in [3.05, 3.63) is 132 Å². The van der Waals surface area contributed by atoms with Crippen molar-refractivity contribution < 1.29 is 0 Å². The van der Waals surface area contributed by atoms with Crippen LogP contribution in [0, 0.1) is 0 Å². The predicted molar refractivity (Wildman–Crippen MR) is 132 cm³/mol. The van der Waals surface area contributed by atoms with Crippen LogP contribution in [-0.2, 0) is 0 Å². The third-order valence-corrected chi connectivity index (χ3v) is 6.85. The summed E-state index contributed by atoms with van der Waals surface area (Å²) in [5, 5.41) is 7.83. The molecule has 0 N–H and O–H groups in total. The Labute approximate surface area is 181 Å². The van der Waals surface area contributed by atoms with Crippen molar-refractivity contribution >= 4 is 32.3 Å². The molecule has 144 valence electrons. The molecule has 0 saturated heterocycles. The molecule has 0 aliphatic heterocycles. The summed E-state index contributed by atoms with van der Waals surface area (Å²) in [5.74, 6) is 0.254. The van der Waals surface area contributed by atoms with Crippen molar-refractivity contribution in [2.45, 2.75) is 5.92 Å². The quantitative estimate of drug-likeness (QED) is 0.263. The third-order valence-electron chi connectivity index (χ3n) is 6.85. The minimum absolute atomic E-state index is 0.254. The fraction of sp³-hybridized carbons (Fsp3) is 0.0323. The van der Waals surface area contributed by atoms with E-state index in [-0.39, 0.29) is 5.92 Å². The van der Waals surface area contributed by atoms with Crippen molar-refractivity contribution in [1.29, 1.82) is 0 Å². The van der Waals surface area contributed by atoms with Gasteiger partial charge in [-0.2, -0.15) is 0 Å². The molecule has 0 atom stereocenters. The molecular weight excluding hydrogens is 372 g/mol. The maximum absolute atomic E-state index is 2.41. The van der Waals surface area contributed by atoms with Gasteiger partial charge in [-0.3, -0.25) is 0 Å². The van der Waals surface area contributed by atoms with Crippen LogP contribution in [0.4, 0.5) is 0 Å². The van der Waals surface area contributed by atoms with Crippen LogP contribution in [0.5, 0.6) is 0 Å². The molecule has 0 saturated carbocycles. The molecule has 0 heterocycles. The van der Waals surface area contributed by atoms with E-state index in [0.29, 0.717) is 0 Å². The molecule has 1 aliphatic rings. The van der Waals surface area contributed by atoms with E-state index >= 15 is 0 Å². The summed E-state index contributed by atoms with van der Waals surface area (Å²) in [4.78, 5) is 0. The second-order valence-electron chi connectivity index (χ2n) is 8.61. The van der Waals surface area contributed by atoms with Gasteiger partial charge in [-0.15, -0.1) is 0 Å². The monoisotopic (exact) mass is 392 g/mol. The Morgan fingerprint density at radius 2 is 0.774 bits per heavy atom. The van der Waals surface area contributed by atoms with Gasteiger partial charge in [0.15, 0.2) is 0 Å². The Morgan fingerprint density at radius 1 is 0.355 bits per heavy atom. The zero-order chi connectivity index (χ0) is 20.4. The first-order valence-corrected chi connectivity index (χ1v) is 10.9. The fourth-order valence-corrected chi connectivity index (χ4v) is 5.37. The van der Waals surface area contributed by atoms with E-state index in [9.17, 15) is 0 Å². The SMILES string of the molecule is c1ccc2cc(C3c4cc5ccccc5cc4-c4cc5ccccc5cc43)ccc2c1. The predicted octanol–water partition coefficient (Wildman–Crippen LogP) is 8.31. The highest BCUT2D eigenvalue weighted by molar-refractivity contribution is 5.98. The summed E-state index contributed by atoms with van der Waals surface area (Å²) in [6.07, 6.45) is 0. The van der Waals surface area contributed by atoms with Crippen LogP contribution in [-0.4, -0.2) is 0 Å². The molecule has 0 fully saturated rings. The number of benzene rings is 6. The van der Waals surface area contributed by atoms with Crippen LogP contribution < -0.4 is 0 Å². The molecule has 0 aromatic heterocycles. The number of hydrogen-bond donors (Lipinski definition) is 0. The molecule has 0 bridgehead atoms. The Bertz CT molecular complexity index is 1550. The van der Waals surface area contributed by atoms with Gasteiger partial charge in [0.25, 0.3) is 0 Å². The minimum atomic E-state index is 0.254. The first-order valence-electron chi connectivity index (χ1n) is 10.9. The molecule has 6 aromatic rings. The number of fused-ring (bicyclic) bond motifs is 6. The van der Waals surface area contributed by atoms with Gasteiger partial charge in [0.2, 0.25) is 0 Å². The molecule has 0 spiro atoms. The van der Waals surface area contributed by atoms with Crippen molar-refractivity contribution in [2.24, 2.45) is 0 Å². The molecule has 31 heavy (non-hydrogen) atoms. The lowest BCUT2D eigenvalue weighted by Gasteiger charge is -2.16. The first kappa shape index (κ1) is 16.8. The van der Waals surface area contributed by atoms with Gasteiger partial charge in [-0.25, -0.2) is 0 Å². The van der Waals surface area contributed by atoms with E-state index in [1.54, 1.807) is 0 Å². The summed E-state index contributed by atoms with van der Waals surface area (Å²) in [6, 6.07) is 42.6. The van der Waals surface area contributed by atoms with Crippen molar-refractivity contribution in [3.8, 4) is 11.1 Å². The lowest BCUT2D eigenvalue weighted by molar-refractivity contribution is 1.02. The van der Waals surface area contributed by atoms with E-state index in [1.807, 2.05) is 0 Å². The van der Waals surface area contributed by atoms with Gasteiger partial charge in [-0.1, -0.05) is 91.0 Å². The van der Waals surface area contributed by atoms with Crippen LogP contribution in [0.2, 0.25) is 0 Å². The first-order chi connectivity index (χ1) is 15.3. The molecule has 0 radical (unpaired) electrons. The Balaban J connectivity index is 1.57. The van der Waals surface area contributed by atoms with E-state index in [4.69, 9.17) is 0 Å². The highest BCUT2D eigenvalue weighted by Crippen LogP contribution is 2.50.